The number of ether oxygens (including phenoxy) is 1. The number of benzene rings is 1. The van der Waals surface area contributed by atoms with Crippen molar-refractivity contribution in [1.82, 2.24) is 14.5 Å². The molecule has 1 atom stereocenters. The number of rotatable bonds is 9. The Morgan fingerprint density at radius 3 is 2.66 bits per heavy atom. The molecular formula is C20H27N3O4S2. The number of hydrogen-bond donors (Lipinski definition) is 1. The monoisotopic (exact) mass is 437 g/mol. The molecule has 1 unspecified atom stereocenters. The topological polar surface area (TPSA) is 79.0 Å². The summed E-state index contributed by atoms with van der Waals surface area (Å²) in [4.78, 5) is 16.4. The summed E-state index contributed by atoms with van der Waals surface area (Å²) < 4.78 is 31.2. The van der Waals surface area contributed by atoms with Gasteiger partial charge in [0.15, 0.2) is 5.78 Å². The first-order valence-corrected chi connectivity index (χ1v) is 11.8. The maximum atomic E-state index is 12.6. The van der Waals surface area contributed by atoms with Crippen LogP contribution in [0.25, 0.3) is 0 Å². The Hall–Kier alpha value is -1.62. The third-order valence-corrected chi connectivity index (χ3v) is 7.70. The van der Waals surface area contributed by atoms with Crippen molar-refractivity contribution in [1.29, 1.82) is 0 Å². The summed E-state index contributed by atoms with van der Waals surface area (Å²) in [6.45, 7) is 3.95. The molecule has 1 N–H and O–H groups in total. The largest absolute Gasteiger partial charge is 0.379 e. The van der Waals surface area contributed by atoms with Crippen molar-refractivity contribution in [2.75, 3.05) is 53.5 Å². The molecule has 158 valence electrons. The van der Waals surface area contributed by atoms with E-state index in [4.69, 9.17) is 4.74 Å². The van der Waals surface area contributed by atoms with Crippen LogP contribution in [0, 0.1) is 0 Å². The Bertz CT molecular complexity index is 908. The van der Waals surface area contributed by atoms with Gasteiger partial charge in [0.05, 0.1) is 30.7 Å². The minimum absolute atomic E-state index is 0.123. The minimum Gasteiger partial charge on any atom is -0.379 e. The number of carbonyl (C=O) groups excluding carboxylic acids is 1. The second-order valence-electron chi connectivity index (χ2n) is 7.05. The highest BCUT2D eigenvalue weighted by Gasteiger charge is 2.24. The molecule has 0 amide bonds. The van der Waals surface area contributed by atoms with Gasteiger partial charge in [-0.15, -0.1) is 11.3 Å². The maximum absolute atomic E-state index is 12.6. The molecule has 0 aliphatic carbocycles. The lowest BCUT2D eigenvalue weighted by atomic mass is 10.1. The van der Waals surface area contributed by atoms with E-state index in [0.29, 0.717) is 25.3 Å². The predicted molar refractivity (Wildman–Crippen MR) is 114 cm³/mol. The van der Waals surface area contributed by atoms with Gasteiger partial charge in [-0.25, -0.2) is 12.7 Å². The molecule has 2 heterocycles. The summed E-state index contributed by atoms with van der Waals surface area (Å²) in [5, 5.41) is 5.33. The molecule has 1 aliphatic rings. The highest BCUT2D eigenvalue weighted by molar-refractivity contribution is 7.89. The number of nitrogens with zero attached hydrogens (tertiary/aromatic N) is 2. The predicted octanol–water partition coefficient (Wildman–Crippen LogP) is 1.84. The van der Waals surface area contributed by atoms with E-state index >= 15 is 0 Å². The van der Waals surface area contributed by atoms with Gasteiger partial charge in [-0.05, 0) is 23.6 Å². The van der Waals surface area contributed by atoms with Gasteiger partial charge in [0, 0.05) is 44.2 Å². The zero-order chi connectivity index (χ0) is 20.9. The third-order valence-electron chi connectivity index (χ3n) is 4.92. The van der Waals surface area contributed by atoms with E-state index in [1.54, 1.807) is 23.5 Å². The molecule has 7 nitrogen and oxygen atoms in total. The third kappa shape index (κ3) is 5.50. The first-order chi connectivity index (χ1) is 13.9. The zero-order valence-corrected chi connectivity index (χ0v) is 18.3. The Morgan fingerprint density at radius 2 is 2.00 bits per heavy atom. The van der Waals surface area contributed by atoms with Crippen LogP contribution in [0.1, 0.15) is 21.3 Å². The fourth-order valence-corrected chi connectivity index (χ4v) is 5.05. The molecular weight excluding hydrogens is 410 g/mol. The first kappa shape index (κ1) is 22.1. The smallest absolute Gasteiger partial charge is 0.242 e. The van der Waals surface area contributed by atoms with Crippen molar-refractivity contribution >= 4 is 27.1 Å². The number of morpholine rings is 1. The van der Waals surface area contributed by atoms with Gasteiger partial charge in [-0.2, -0.15) is 0 Å². The number of nitrogens with one attached hydrogen (secondary N) is 1. The van der Waals surface area contributed by atoms with Gasteiger partial charge in [0.25, 0.3) is 0 Å². The normalized spacial score (nSPS) is 16.8. The molecule has 0 radical (unpaired) electrons. The molecule has 9 heteroatoms. The van der Waals surface area contributed by atoms with Crippen LogP contribution in [-0.4, -0.2) is 76.9 Å². The molecule has 1 aromatic heterocycles. The summed E-state index contributed by atoms with van der Waals surface area (Å²) in [5.74, 6) is -0.132. The lowest BCUT2D eigenvalue weighted by Gasteiger charge is -2.34. The summed E-state index contributed by atoms with van der Waals surface area (Å²) in [5.41, 5.74) is 0.388. The van der Waals surface area contributed by atoms with E-state index in [1.165, 1.54) is 31.1 Å². The van der Waals surface area contributed by atoms with Crippen LogP contribution in [0.2, 0.25) is 0 Å². The molecule has 1 fully saturated rings. The van der Waals surface area contributed by atoms with Crippen LogP contribution in [0.4, 0.5) is 0 Å². The second kappa shape index (κ2) is 9.92. The van der Waals surface area contributed by atoms with Crippen LogP contribution >= 0.6 is 11.3 Å². The van der Waals surface area contributed by atoms with E-state index in [1.807, 2.05) is 6.07 Å². The van der Waals surface area contributed by atoms with E-state index < -0.39 is 10.0 Å². The Balaban J connectivity index is 1.64. The van der Waals surface area contributed by atoms with Crippen LogP contribution in [0.5, 0.6) is 0 Å². The number of sulfonamides is 1. The molecule has 0 spiro atoms. The molecule has 3 rings (SSSR count). The lowest BCUT2D eigenvalue weighted by molar-refractivity contribution is 0.0169. The van der Waals surface area contributed by atoms with Crippen molar-refractivity contribution < 1.29 is 17.9 Å². The van der Waals surface area contributed by atoms with Crippen LogP contribution in [0.15, 0.2) is 46.7 Å². The molecule has 0 saturated carbocycles. The van der Waals surface area contributed by atoms with Gasteiger partial charge in [0.2, 0.25) is 10.0 Å². The summed E-state index contributed by atoms with van der Waals surface area (Å²) in [7, 11) is -0.620. The highest BCUT2D eigenvalue weighted by atomic mass is 32.2. The Morgan fingerprint density at radius 1 is 1.24 bits per heavy atom. The molecule has 0 bridgehead atoms. The molecule has 1 aliphatic heterocycles. The first-order valence-electron chi connectivity index (χ1n) is 9.51. The van der Waals surface area contributed by atoms with Crippen molar-refractivity contribution in [2.45, 2.75) is 10.9 Å². The quantitative estimate of drug-likeness (QED) is 0.603. The summed E-state index contributed by atoms with van der Waals surface area (Å²) in [6, 6.07) is 10.5. The van der Waals surface area contributed by atoms with Gasteiger partial charge in [-0.1, -0.05) is 18.2 Å². The van der Waals surface area contributed by atoms with Gasteiger partial charge < -0.3 is 10.1 Å². The van der Waals surface area contributed by atoms with Crippen molar-refractivity contribution in [3.63, 3.8) is 0 Å². The number of ketones is 1. The number of Topliss-reactive ketones (excluding diaryl/α,β-unsaturated/α-hetero) is 1. The second-order valence-corrected chi connectivity index (χ2v) is 10.2. The molecule has 29 heavy (non-hydrogen) atoms. The lowest BCUT2D eigenvalue weighted by Crippen LogP contribution is -2.43. The fourth-order valence-electron chi connectivity index (χ4n) is 3.24. The summed E-state index contributed by atoms with van der Waals surface area (Å²) in [6.07, 6.45) is 0. The van der Waals surface area contributed by atoms with E-state index in [0.717, 1.165) is 17.4 Å². The number of carbonyl (C=O) groups is 1. The van der Waals surface area contributed by atoms with Gasteiger partial charge in [0.1, 0.15) is 0 Å². The van der Waals surface area contributed by atoms with Crippen LogP contribution in [0.3, 0.4) is 0 Å². The van der Waals surface area contributed by atoms with E-state index in [9.17, 15) is 13.2 Å². The van der Waals surface area contributed by atoms with Crippen molar-refractivity contribution in [2.24, 2.45) is 0 Å². The van der Waals surface area contributed by atoms with Gasteiger partial charge >= 0.3 is 0 Å². The molecule has 1 aromatic carbocycles. The average molecular weight is 438 g/mol. The Labute approximate surface area is 176 Å². The number of hydrogen-bond acceptors (Lipinski definition) is 7. The van der Waals surface area contributed by atoms with Crippen LogP contribution < -0.4 is 5.32 Å². The highest BCUT2D eigenvalue weighted by Crippen LogP contribution is 2.25. The standard InChI is InChI=1S/C20H27N3O4S2/c1-22(2)29(25,26)17-6-3-5-16(13-17)19(24)15-21-14-18(20-7-4-12-28-20)23-8-10-27-11-9-23/h3-7,12-13,18,21H,8-11,14-15H2,1-2H3. The number of thiophene rings is 1. The molecule has 2 aromatic rings. The fraction of sp³-hybridized carbons (Fsp3) is 0.450. The van der Waals surface area contributed by atoms with E-state index in [-0.39, 0.29) is 23.3 Å². The van der Waals surface area contributed by atoms with Crippen molar-refractivity contribution in [3.05, 3.63) is 52.2 Å². The van der Waals surface area contributed by atoms with Gasteiger partial charge in [-0.3, -0.25) is 9.69 Å². The minimum atomic E-state index is -3.57. The zero-order valence-electron chi connectivity index (χ0n) is 16.7. The van der Waals surface area contributed by atoms with Crippen molar-refractivity contribution in [3.8, 4) is 0 Å². The Kier molecular flexibility index (Phi) is 7.55. The summed E-state index contributed by atoms with van der Waals surface area (Å²) >= 11 is 1.71. The maximum Gasteiger partial charge on any atom is 0.242 e. The molecule has 1 saturated heterocycles. The average Bonchev–Trinajstić information content (AvgIpc) is 3.26. The SMILES string of the molecule is CN(C)S(=O)(=O)c1cccc(C(=O)CNCC(c2cccs2)N2CCOCC2)c1. The van der Waals surface area contributed by atoms with Crippen LogP contribution in [-0.2, 0) is 14.8 Å². The van der Waals surface area contributed by atoms with E-state index in [2.05, 4.69) is 21.7 Å².